The van der Waals surface area contributed by atoms with Gasteiger partial charge in [0.2, 0.25) is 0 Å². The quantitative estimate of drug-likeness (QED) is 0.545. The van der Waals surface area contributed by atoms with E-state index >= 15 is 0 Å². The van der Waals surface area contributed by atoms with Gasteiger partial charge in [-0.25, -0.2) is 0 Å². The summed E-state index contributed by atoms with van der Waals surface area (Å²) in [6, 6.07) is 0. The third-order valence-corrected chi connectivity index (χ3v) is 1.91. The monoisotopic (exact) mass is 189 g/mol. The third kappa shape index (κ3) is 8.64. The van der Waals surface area contributed by atoms with Gasteiger partial charge in [-0.05, 0) is 17.4 Å². The van der Waals surface area contributed by atoms with Crippen LogP contribution in [0.1, 0.15) is 12.8 Å². The molecular formula is C4H8Cl2O2P+. The van der Waals surface area contributed by atoms with E-state index in [1.54, 1.807) is 0 Å². The van der Waals surface area contributed by atoms with Crippen molar-refractivity contribution in [3.8, 4) is 0 Å². The second-order valence-electron chi connectivity index (χ2n) is 1.61. The summed E-state index contributed by atoms with van der Waals surface area (Å²) in [7, 11) is -2.00. The van der Waals surface area contributed by atoms with Crippen LogP contribution in [0.5, 0.6) is 0 Å². The smallest absolute Gasteiger partial charge is 0.161 e. The van der Waals surface area contributed by atoms with Gasteiger partial charge in [-0.15, -0.1) is 23.2 Å². The Hall–Kier alpha value is 0.640. The van der Waals surface area contributed by atoms with E-state index in [0.29, 0.717) is 19.0 Å². The molecule has 0 aliphatic carbocycles. The summed E-state index contributed by atoms with van der Waals surface area (Å²) in [5, 5.41) is 0. The Kier molecular flexibility index (Phi) is 5.81. The van der Waals surface area contributed by atoms with E-state index in [0.717, 1.165) is 0 Å². The Morgan fingerprint density at radius 3 is 2.44 bits per heavy atom. The maximum Gasteiger partial charge on any atom is 0.505 e. The molecule has 1 N–H and O–H groups in total. The second kappa shape index (κ2) is 5.43. The van der Waals surface area contributed by atoms with Gasteiger partial charge in [0, 0.05) is 0 Å². The van der Waals surface area contributed by atoms with Gasteiger partial charge in [-0.3, -0.25) is 0 Å². The number of halogens is 2. The molecule has 5 heteroatoms. The van der Waals surface area contributed by atoms with Crippen LogP contribution < -0.4 is 0 Å². The van der Waals surface area contributed by atoms with Crippen molar-refractivity contribution < 1.29 is 9.46 Å². The Bertz CT molecular complexity index is 96.6. The number of rotatable bonds is 4. The number of hydrogen-bond donors (Lipinski definition) is 1. The van der Waals surface area contributed by atoms with E-state index in [1.807, 2.05) is 0 Å². The zero-order valence-electron chi connectivity index (χ0n) is 4.76. The average Bonchev–Trinajstić information content (AvgIpc) is 1.63. The first-order valence-electron chi connectivity index (χ1n) is 2.54. The summed E-state index contributed by atoms with van der Waals surface area (Å²) < 4.78 is 10.0. The maximum absolute atomic E-state index is 10.0. The summed E-state index contributed by atoms with van der Waals surface area (Å²) in [5.41, 5.74) is 0. The molecule has 1 atom stereocenters. The first-order chi connectivity index (χ1) is 4.13. The summed E-state index contributed by atoms with van der Waals surface area (Å²) in [6.45, 7) is 0. The summed E-state index contributed by atoms with van der Waals surface area (Å²) in [6.07, 6.45) is 1.50. The first-order valence-corrected chi connectivity index (χ1v) is 4.81. The molecule has 2 nitrogen and oxygen atoms in total. The largest absolute Gasteiger partial charge is 0.505 e. The fraction of sp³-hybridized carbons (Fsp3) is 1.00. The van der Waals surface area contributed by atoms with Crippen LogP contribution in [0.3, 0.4) is 0 Å². The molecule has 0 aromatic rings. The van der Waals surface area contributed by atoms with Crippen LogP contribution in [0.4, 0.5) is 0 Å². The van der Waals surface area contributed by atoms with Crippen molar-refractivity contribution in [3.63, 3.8) is 0 Å². The minimum absolute atomic E-state index is 0.297. The van der Waals surface area contributed by atoms with Gasteiger partial charge in [0.05, 0.1) is 0 Å². The second-order valence-corrected chi connectivity index (χ2v) is 4.04. The molecule has 1 unspecified atom stereocenters. The highest BCUT2D eigenvalue weighted by Gasteiger charge is 2.09. The predicted molar refractivity (Wildman–Crippen MR) is 39.4 cm³/mol. The molecule has 0 fully saturated rings. The lowest BCUT2D eigenvalue weighted by molar-refractivity contribution is 0.500. The number of alkyl halides is 2. The Balaban J connectivity index is 3.01. The van der Waals surface area contributed by atoms with E-state index in [-0.39, 0.29) is 0 Å². The molecule has 0 rings (SSSR count). The van der Waals surface area contributed by atoms with Gasteiger partial charge < -0.3 is 0 Å². The highest BCUT2D eigenvalue weighted by atomic mass is 35.5. The minimum Gasteiger partial charge on any atom is -0.161 e. The maximum atomic E-state index is 10.0. The predicted octanol–water partition coefficient (Wildman–Crippen LogP) is 2.31. The van der Waals surface area contributed by atoms with Crippen LogP contribution in [0.15, 0.2) is 0 Å². The topological polar surface area (TPSA) is 37.3 Å². The fourth-order valence-corrected chi connectivity index (χ4v) is 1.14. The Labute approximate surface area is 65.0 Å². The van der Waals surface area contributed by atoms with Crippen molar-refractivity contribution in [1.29, 1.82) is 0 Å². The van der Waals surface area contributed by atoms with Crippen LogP contribution in [0, 0.1) is 0 Å². The molecule has 0 aromatic carbocycles. The fourth-order valence-electron chi connectivity index (χ4n) is 0.381. The van der Waals surface area contributed by atoms with E-state index in [4.69, 9.17) is 28.1 Å². The normalized spacial score (nSPS) is 12.2. The van der Waals surface area contributed by atoms with Gasteiger partial charge in [0.25, 0.3) is 0 Å². The van der Waals surface area contributed by atoms with Crippen LogP contribution in [0.25, 0.3) is 0 Å². The van der Waals surface area contributed by atoms with Gasteiger partial charge in [-0.2, -0.15) is 4.89 Å². The SMILES string of the molecule is O=[P+](O)CCCC(Cl)Cl. The van der Waals surface area contributed by atoms with E-state index in [1.165, 1.54) is 0 Å². The highest BCUT2D eigenvalue weighted by molar-refractivity contribution is 7.37. The van der Waals surface area contributed by atoms with E-state index in [2.05, 4.69) is 0 Å². The molecule has 0 bridgehead atoms. The van der Waals surface area contributed by atoms with Gasteiger partial charge in [0.15, 0.2) is 6.16 Å². The summed E-state index contributed by atoms with van der Waals surface area (Å²) in [5.74, 6) is 0. The molecule has 0 aliphatic heterocycles. The first kappa shape index (κ1) is 9.64. The lowest BCUT2D eigenvalue weighted by atomic mass is 10.4. The van der Waals surface area contributed by atoms with Gasteiger partial charge >= 0.3 is 8.03 Å². The molecule has 0 aromatic heterocycles. The molecule has 54 valence electrons. The zero-order chi connectivity index (χ0) is 7.28. The van der Waals surface area contributed by atoms with Crippen molar-refractivity contribution in [3.05, 3.63) is 0 Å². The Morgan fingerprint density at radius 1 is 1.56 bits per heavy atom. The van der Waals surface area contributed by atoms with E-state index in [9.17, 15) is 4.57 Å². The molecule has 9 heavy (non-hydrogen) atoms. The van der Waals surface area contributed by atoms with Crippen LogP contribution in [-0.2, 0) is 4.57 Å². The van der Waals surface area contributed by atoms with Crippen LogP contribution in [-0.4, -0.2) is 15.9 Å². The molecule has 0 saturated carbocycles. The third-order valence-electron chi connectivity index (χ3n) is 0.772. The van der Waals surface area contributed by atoms with Crippen LogP contribution >= 0.6 is 31.2 Å². The average molecular weight is 190 g/mol. The Morgan fingerprint density at radius 2 is 2.11 bits per heavy atom. The van der Waals surface area contributed by atoms with Crippen molar-refractivity contribution in [2.45, 2.75) is 17.7 Å². The van der Waals surface area contributed by atoms with Crippen LogP contribution in [0.2, 0.25) is 0 Å². The molecular weight excluding hydrogens is 182 g/mol. The standard InChI is InChI=1S/C4H7Cl2O2P/c5-4(6)2-1-3-9(7)8/h4H,1-3H2/p+1. The van der Waals surface area contributed by atoms with Gasteiger partial charge in [-0.1, -0.05) is 0 Å². The molecule has 0 aliphatic rings. The lowest BCUT2D eigenvalue weighted by Gasteiger charge is -1.92. The van der Waals surface area contributed by atoms with E-state index < -0.39 is 12.9 Å². The molecule has 0 heterocycles. The van der Waals surface area contributed by atoms with Gasteiger partial charge in [0.1, 0.15) is 4.84 Å². The zero-order valence-corrected chi connectivity index (χ0v) is 7.16. The highest BCUT2D eigenvalue weighted by Crippen LogP contribution is 2.18. The van der Waals surface area contributed by atoms with Crippen molar-refractivity contribution >= 4 is 31.2 Å². The van der Waals surface area contributed by atoms with Crippen molar-refractivity contribution in [2.24, 2.45) is 0 Å². The lowest BCUT2D eigenvalue weighted by Crippen LogP contribution is -1.87. The minimum atomic E-state index is -2.00. The van der Waals surface area contributed by atoms with Crippen molar-refractivity contribution in [1.82, 2.24) is 0 Å². The summed E-state index contributed by atoms with van der Waals surface area (Å²) >= 11 is 10.7. The molecule has 0 radical (unpaired) electrons. The van der Waals surface area contributed by atoms with Crippen molar-refractivity contribution in [2.75, 3.05) is 6.16 Å². The molecule has 0 spiro atoms. The molecule has 0 saturated heterocycles. The number of hydrogen-bond acceptors (Lipinski definition) is 1. The molecule has 0 amide bonds. The summed E-state index contributed by atoms with van der Waals surface area (Å²) in [4.78, 5) is 7.89.